The van der Waals surface area contributed by atoms with Gasteiger partial charge in [0, 0.05) is 18.8 Å². The van der Waals surface area contributed by atoms with E-state index in [1.165, 1.54) is 0 Å². The number of aryl methyl sites for hydroxylation is 2. The molecule has 2 N–H and O–H groups in total. The first kappa shape index (κ1) is 17.9. The number of hydrogen-bond donors (Lipinski definition) is 2. The van der Waals surface area contributed by atoms with Crippen LogP contribution in [0, 0.1) is 13.8 Å². The highest BCUT2D eigenvalue weighted by Gasteiger charge is 2.20. The summed E-state index contributed by atoms with van der Waals surface area (Å²) in [4.78, 5) is 26.9. The highest BCUT2D eigenvalue weighted by atomic mass is 16.5. The molecule has 0 spiro atoms. The van der Waals surface area contributed by atoms with Crippen molar-refractivity contribution < 1.29 is 14.3 Å². The summed E-state index contributed by atoms with van der Waals surface area (Å²) in [6.07, 6.45) is 0. The second-order valence-electron chi connectivity index (χ2n) is 6.29. The summed E-state index contributed by atoms with van der Waals surface area (Å²) in [6.45, 7) is 6.59. The van der Waals surface area contributed by atoms with E-state index in [1.807, 2.05) is 50.2 Å². The van der Waals surface area contributed by atoms with Gasteiger partial charge in [-0.05, 0) is 37.1 Å². The molecule has 0 radical (unpaired) electrons. The first-order valence-electron chi connectivity index (χ1n) is 8.66. The van der Waals surface area contributed by atoms with E-state index in [0.29, 0.717) is 24.6 Å². The number of amides is 2. The van der Waals surface area contributed by atoms with Crippen LogP contribution in [0.3, 0.4) is 0 Å². The maximum Gasteiger partial charge on any atom is 0.314 e. The fourth-order valence-corrected chi connectivity index (χ4v) is 3.02. The van der Waals surface area contributed by atoms with Crippen LogP contribution in [0.25, 0.3) is 0 Å². The molecule has 3 rings (SSSR count). The minimum absolute atomic E-state index is 0.621. The number of carbonyl (C=O) groups is 2. The maximum atomic E-state index is 12.4. The maximum absolute atomic E-state index is 12.4. The van der Waals surface area contributed by atoms with Crippen LogP contribution in [0.2, 0.25) is 0 Å². The summed E-state index contributed by atoms with van der Waals surface area (Å²) in [7, 11) is 0. The molecule has 0 unspecified atom stereocenters. The molecule has 6 nitrogen and oxygen atoms in total. The number of nitrogens with one attached hydrogen (secondary N) is 2. The summed E-state index contributed by atoms with van der Waals surface area (Å²) >= 11 is 0. The van der Waals surface area contributed by atoms with Gasteiger partial charge in [0.1, 0.15) is 0 Å². The Morgan fingerprint density at radius 2 is 1.50 bits per heavy atom. The molecule has 1 aliphatic heterocycles. The molecule has 2 amide bonds. The molecule has 1 fully saturated rings. The fourth-order valence-electron chi connectivity index (χ4n) is 3.02. The molecular weight excluding hydrogens is 330 g/mol. The summed E-state index contributed by atoms with van der Waals surface area (Å²) in [6, 6.07) is 13.2. The van der Waals surface area contributed by atoms with Crippen molar-refractivity contribution in [3.05, 3.63) is 53.6 Å². The zero-order valence-corrected chi connectivity index (χ0v) is 15.0. The molecule has 0 aliphatic carbocycles. The number of carbonyl (C=O) groups excluding carboxylic acids is 2. The first-order chi connectivity index (χ1) is 12.6. The van der Waals surface area contributed by atoms with Crippen molar-refractivity contribution in [3.8, 4) is 0 Å². The SMILES string of the molecule is Cc1cccc(C)c1NC(=O)C(=O)Nc1ccccc1N1CCOCC1. The Bertz CT molecular complexity index is 793. The molecule has 0 bridgehead atoms. The van der Waals surface area contributed by atoms with E-state index in [4.69, 9.17) is 4.74 Å². The number of anilines is 3. The number of morpholine rings is 1. The van der Waals surface area contributed by atoms with E-state index in [9.17, 15) is 9.59 Å². The van der Waals surface area contributed by atoms with E-state index in [1.54, 1.807) is 6.07 Å². The minimum Gasteiger partial charge on any atom is -0.378 e. The Labute approximate surface area is 153 Å². The standard InChI is InChI=1S/C20H23N3O3/c1-14-6-5-7-15(2)18(14)22-20(25)19(24)21-16-8-3-4-9-17(16)23-10-12-26-13-11-23/h3-9H,10-13H2,1-2H3,(H,21,24)(H,22,25). The Morgan fingerprint density at radius 3 is 2.19 bits per heavy atom. The third kappa shape index (κ3) is 4.03. The van der Waals surface area contributed by atoms with Crippen molar-refractivity contribution in [2.24, 2.45) is 0 Å². The van der Waals surface area contributed by atoms with Crippen LogP contribution in [0.4, 0.5) is 17.1 Å². The van der Waals surface area contributed by atoms with Crippen LogP contribution in [0.5, 0.6) is 0 Å². The Kier molecular flexibility index (Phi) is 5.53. The summed E-state index contributed by atoms with van der Waals surface area (Å²) in [5.74, 6) is -1.37. The lowest BCUT2D eigenvalue weighted by molar-refractivity contribution is -0.133. The van der Waals surface area contributed by atoms with Crippen molar-refractivity contribution in [1.82, 2.24) is 0 Å². The number of ether oxygens (including phenoxy) is 1. The molecule has 0 aromatic heterocycles. The molecule has 1 saturated heterocycles. The predicted molar refractivity (Wildman–Crippen MR) is 103 cm³/mol. The molecule has 136 valence electrons. The highest BCUT2D eigenvalue weighted by Crippen LogP contribution is 2.26. The summed E-state index contributed by atoms with van der Waals surface area (Å²) < 4.78 is 5.38. The third-order valence-corrected chi connectivity index (χ3v) is 4.43. The third-order valence-electron chi connectivity index (χ3n) is 4.43. The average molecular weight is 353 g/mol. The topological polar surface area (TPSA) is 70.7 Å². The average Bonchev–Trinajstić information content (AvgIpc) is 2.66. The van der Waals surface area contributed by atoms with Crippen LogP contribution in [-0.4, -0.2) is 38.1 Å². The van der Waals surface area contributed by atoms with E-state index in [-0.39, 0.29) is 0 Å². The molecule has 0 saturated carbocycles. The highest BCUT2D eigenvalue weighted by molar-refractivity contribution is 6.44. The molecule has 1 aliphatic rings. The zero-order chi connectivity index (χ0) is 18.5. The van der Waals surface area contributed by atoms with Crippen molar-refractivity contribution in [2.45, 2.75) is 13.8 Å². The monoisotopic (exact) mass is 353 g/mol. The van der Waals surface area contributed by atoms with Gasteiger partial charge in [0.2, 0.25) is 0 Å². The van der Waals surface area contributed by atoms with Crippen LogP contribution in [0.1, 0.15) is 11.1 Å². The van der Waals surface area contributed by atoms with Gasteiger partial charge in [-0.1, -0.05) is 30.3 Å². The largest absolute Gasteiger partial charge is 0.378 e. The van der Waals surface area contributed by atoms with E-state index < -0.39 is 11.8 Å². The molecule has 26 heavy (non-hydrogen) atoms. The Morgan fingerprint density at radius 1 is 0.885 bits per heavy atom. The van der Waals surface area contributed by atoms with E-state index >= 15 is 0 Å². The smallest absolute Gasteiger partial charge is 0.314 e. The van der Waals surface area contributed by atoms with Gasteiger partial charge in [0.05, 0.1) is 24.6 Å². The molecule has 2 aromatic carbocycles. The number of benzene rings is 2. The molecule has 1 heterocycles. The lowest BCUT2D eigenvalue weighted by Crippen LogP contribution is -2.37. The van der Waals surface area contributed by atoms with Gasteiger partial charge in [-0.2, -0.15) is 0 Å². The Balaban J connectivity index is 1.73. The van der Waals surface area contributed by atoms with Crippen molar-refractivity contribution in [1.29, 1.82) is 0 Å². The molecule has 6 heteroatoms. The van der Waals surface area contributed by atoms with Crippen molar-refractivity contribution in [2.75, 3.05) is 41.8 Å². The number of nitrogens with zero attached hydrogens (tertiary/aromatic N) is 1. The lowest BCUT2D eigenvalue weighted by Gasteiger charge is -2.30. The number of para-hydroxylation sites is 3. The normalized spacial score (nSPS) is 14.0. The van der Waals surface area contributed by atoms with Gasteiger partial charge < -0.3 is 20.3 Å². The van der Waals surface area contributed by atoms with E-state index in [2.05, 4.69) is 15.5 Å². The number of hydrogen-bond acceptors (Lipinski definition) is 4. The van der Waals surface area contributed by atoms with Crippen molar-refractivity contribution in [3.63, 3.8) is 0 Å². The van der Waals surface area contributed by atoms with Crippen LogP contribution in [-0.2, 0) is 14.3 Å². The summed E-state index contributed by atoms with van der Waals surface area (Å²) in [5.41, 5.74) is 4.02. The second-order valence-corrected chi connectivity index (χ2v) is 6.29. The minimum atomic E-state index is -0.687. The van der Waals surface area contributed by atoms with Crippen LogP contribution in [0.15, 0.2) is 42.5 Å². The van der Waals surface area contributed by atoms with Gasteiger partial charge in [-0.25, -0.2) is 0 Å². The van der Waals surface area contributed by atoms with Gasteiger partial charge >= 0.3 is 11.8 Å². The van der Waals surface area contributed by atoms with Gasteiger partial charge in [0.25, 0.3) is 0 Å². The molecule has 2 aromatic rings. The van der Waals surface area contributed by atoms with Crippen LogP contribution >= 0.6 is 0 Å². The first-order valence-corrected chi connectivity index (χ1v) is 8.66. The van der Waals surface area contributed by atoms with Crippen molar-refractivity contribution >= 4 is 28.9 Å². The van der Waals surface area contributed by atoms with Gasteiger partial charge in [-0.15, -0.1) is 0 Å². The predicted octanol–water partition coefficient (Wildman–Crippen LogP) is 2.72. The van der Waals surface area contributed by atoms with Crippen LogP contribution < -0.4 is 15.5 Å². The van der Waals surface area contributed by atoms with Gasteiger partial charge in [0.15, 0.2) is 0 Å². The fraction of sp³-hybridized carbons (Fsp3) is 0.300. The van der Waals surface area contributed by atoms with Gasteiger partial charge in [-0.3, -0.25) is 9.59 Å². The lowest BCUT2D eigenvalue weighted by atomic mass is 10.1. The summed E-state index contributed by atoms with van der Waals surface area (Å²) in [5, 5.41) is 5.45. The Hall–Kier alpha value is -2.86. The molecule has 0 atom stereocenters. The van der Waals surface area contributed by atoms with E-state index in [0.717, 1.165) is 29.9 Å². The quantitative estimate of drug-likeness (QED) is 0.833. The number of rotatable bonds is 3. The molecular formula is C20H23N3O3. The zero-order valence-electron chi connectivity index (χ0n) is 15.0. The second kappa shape index (κ2) is 8.01.